The van der Waals surface area contributed by atoms with Gasteiger partial charge in [-0.05, 0) is 117 Å². The fourth-order valence-corrected chi connectivity index (χ4v) is 7.61. The molecule has 3 aliphatic carbocycles. The van der Waals surface area contributed by atoms with Gasteiger partial charge in [-0.2, -0.15) is 0 Å². The molecule has 0 spiro atoms. The van der Waals surface area contributed by atoms with E-state index in [1.54, 1.807) is 0 Å². The molecule has 214 valence electrons. The molecule has 45 heavy (non-hydrogen) atoms. The van der Waals surface area contributed by atoms with Gasteiger partial charge in [0.05, 0.1) is 11.2 Å². The maximum absolute atomic E-state index is 4.23. The first-order chi connectivity index (χ1) is 22.3. The Morgan fingerprint density at radius 3 is 2.38 bits per heavy atom. The molecule has 0 aliphatic heterocycles. The monoisotopic (exact) mass is 576 g/mol. The Bertz CT molecular complexity index is 2270. The lowest BCUT2D eigenvalue weighted by atomic mass is 9.79. The number of allylic oxidation sites excluding steroid dienone is 9. The van der Waals surface area contributed by atoms with Gasteiger partial charge < -0.3 is 4.57 Å². The first-order valence-corrected chi connectivity index (χ1v) is 15.9. The molecule has 2 heteroatoms. The minimum atomic E-state index is 0.478. The molecule has 0 fully saturated rings. The predicted octanol–water partition coefficient (Wildman–Crippen LogP) is 10.8. The molecular weight excluding hydrogens is 544 g/mol. The fraction of sp³-hybridized carbons (Fsp3) is 0.0930. The largest absolute Gasteiger partial charge is 0.310 e. The number of rotatable bonds is 4. The molecule has 1 atom stereocenters. The average molecular weight is 577 g/mol. The van der Waals surface area contributed by atoms with E-state index in [1.807, 2.05) is 12.4 Å². The summed E-state index contributed by atoms with van der Waals surface area (Å²) < 4.78 is 2.51. The summed E-state index contributed by atoms with van der Waals surface area (Å²) in [6.45, 7) is 0. The van der Waals surface area contributed by atoms with Crippen molar-refractivity contribution in [2.24, 2.45) is 5.92 Å². The second kappa shape index (κ2) is 10.6. The number of hydrogen-bond acceptors (Lipinski definition) is 1. The van der Waals surface area contributed by atoms with Gasteiger partial charge in [-0.3, -0.25) is 4.98 Å². The zero-order valence-corrected chi connectivity index (χ0v) is 25.0. The molecule has 0 N–H and O–H groups in total. The molecule has 9 rings (SSSR count). The SMILES string of the molecule is C1=CC2=CC=C(C3=Cc4c(c5c6ccccc6c(-c6cccc(-c7ccncc7)c6)cc5n4-c4ccccc4)CC3)CC2C=C1. The summed E-state index contributed by atoms with van der Waals surface area (Å²) in [5.41, 5.74) is 14.5. The topological polar surface area (TPSA) is 17.8 Å². The smallest absolute Gasteiger partial charge is 0.0550 e. The maximum Gasteiger partial charge on any atom is 0.0550 e. The zero-order chi connectivity index (χ0) is 29.7. The van der Waals surface area contributed by atoms with E-state index in [9.17, 15) is 0 Å². The molecule has 0 bridgehead atoms. The molecule has 0 radical (unpaired) electrons. The first kappa shape index (κ1) is 26.0. The molecule has 0 amide bonds. The Morgan fingerprint density at radius 1 is 0.667 bits per heavy atom. The van der Waals surface area contributed by atoms with Crippen LogP contribution in [0.3, 0.4) is 0 Å². The molecule has 0 saturated heterocycles. The highest BCUT2D eigenvalue weighted by atomic mass is 15.0. The third kappa shape index (κ3) is 4.37. The molecule has 2 nitrogen and oxygen atoms in total. The van der Waals surface area contributed by atoms with E-state index in [4.69, 9.17) is 0 Å². The van der Waals surface area contributed by atoms with Gasteiger partial charge in [-0.15, -0.1) is 0 Å². The van der Waals surface area contributed by atoms with Gasteiger partial charge >= 0.3 is 0 Å². The van der Waals surface area contributed by atoms with E-state index in [-0.39, 0.29) is 0 Å². The Hall–Kier alpha value is -5.47. The quantitative estimate of drug-likeness (QED) is 0.204. The van der Waals surface area contributed by atoms with Crippen LogP contribution < -0.4 is 0 Å². The highest BCUT2D eigenvalue weighted by Gasteiger charge is 2.27. The lowest BCUT2D eigenvalue weighted by Crippen LogP contribution is -2.11. The van der Waals surface area contributed by atoms with E-state index < -0.39 is 0 Å². The Labute approximate surface area is 263 Å². The Balaban J connectivity index is 1.29. The van der Waals surface area contributed by atoms with Gasteiger partial charge in [0.1, 0.15) is 0 Å². The van der Waals surface area contributed by atoms with E-state index in [0.717, 1.165) is 19.3 Å². The zero-order valence-electron chi connectivity index (χ0n) is 25.0. The number of nitrogens with zero attached hydrogens (tertiary/aromatic N) is 2. The minimum Gasteiger partial charge on any atom is -0.310 e. The summed E-state index contributed by atoms with van der Waals surface area (Å²) in [5, 5.41) is 4.00. The molecule has 2 heterocycles. The molecule has 0 saturated carbocycles. The molecule has 6 aromatic rings. The van der Waals surface area contributed by atoms with Crippen LogP contribution in [0.15, 0.2) is 163 Å². The van der Waals surface area contributed by atoms with Crippen molar-refractivity contribution < 1.29 is 0 Å². The number of aryl methyl sites for hydroxylation is 1. The highest BCUT2D eigenvalue weighted by molar-refractivity contribution is 6.16. The maximum atomic E-state index is 4.23. The summed E-state index contributed by atoms with van der Waals surface area (Å²) in [7, 11) is 0. The number of benzene rings is 4. The Kier molecular flexibility index (Phi) is 6.12. The van der Waals surface area contributed by atoms with Crippen LogP contribution in [0.4, 0.5) is 0 Å². The number of fused-ring (bicyclic) bond motifs is 6. The normalized spacial score (nSPS) is 17.1. The van der Waals surface area contributed by atoms with Gasteiger partial charge in [0, 0.05) is 29.4 Å². The molecular formula is C43H32N2. The van der Waals surface area contributed by atoms with Gasteiger partial charge in [0.2, 0.25) is 0 Å². The number of pyridine rings is 1. The van der Waals surface area contributed by atoms with Crippen molar-refractivity contribution in [3.8, 4) is 27.9 Å². The lowest BCUT2D eigenvalue weighted by molar-refractivity contribution is 0.740. The van der Waals surface area contributed by atoms with Crippen molar-refractivity contribution in [3.05, 3.63) is 174 Å². The van der Waals surface area contributed by atoms with Crippen molar-refractivity contribution in [2.75, 3.05) is 0 Å². The van der Waals surface area contributed by atoms with Crippen LogP contribution in [-0.2, 0) is 6.42 Å². The predicted molar refractivity (Wildman–Crippen MR) is 188 cm³/mol. The molecule has 2 aromatic heterocycles. The minimum absolute atomic E-state index is 0.478. The van der Waals surface area contributed by atoms with E-state index in [1.165, 1.54) is 77.6 Å². The van der Waals surface area contributed by atoms with Crippen LogP contribution in [0.25, 0.3) is 55.7 Å². The third-order valence-corrected chi connectivity index (χ3v) is 9.77. The summed E-state index contributed by atoms with van der Waals surface area (Å²) in [5.74, 6) is 0.478. The lowest BCUT2D eigenvalue weighted by Gasteiger charge is -2.26. The van der Waals surface area contributed by atoms with Crippen LogP contribution >= 0.6 is 0 Å². The van der Waals surface area contributed by atoms with E-state index in [0.29, 0.717) is 5.92 Å². The van der Waals surface area contributed by atoms with Gasteiger partial charge in [0.25, 0.3) is 0 Å². The Morgan fingerprint density at radius 2 is 1.49 bits per heavy atom. The average Bonchev–Trinajstić information content (AvgIpc) is 3.45. The van der Waals surface area contributed by atoms with Crippen LogP contribution in [0, 0.1) is 5.92 Å². The van der Waals surface area contributed by atoms with E-state index >= 15 is 0 Å². The number of hydrogen-bond donors (Lipinski definition) is 0. The van der Waals surface area contributed by atoms with Crippen molar-refractivity contribution >= 4 is 27.8 Å². The second-order valence-electron chi connectivity index (χ2n) is 12.3. The van der Waals surface area contributed by atoms with Gasteiger partial charge in [-0.1, -0.05) is 97.1 Å². The summed E-state index contributed by atoms with van der Waals surface area (Å²) in [6.07, 6.45) is 23.0. The van der Waals surface area contributed by atoms with Crippen LogP contribution in [-0.4, -0.2) is 9.55 Å². The standard InChI is InChI=1S/C43H32N2/c1-2-13-36(14-3-1)45-41-27-34(33-18-17-29-9-4-5-10-31(29)25-33)19-20-39(41)43-38-16-7-6-15-37(38)40(28-42(43)45)35-12-8-11-32(26-35)30-21-23-44-24-22-30/h1-18,21-24,26-28,31H,19-20,25H2. The van der Waals surface area contributed by atoms with Crippen LogP contribution in [0.1, 0.15) is 24.1 Å². The van der Waals surface area contributed by atoms with Gasteiger partial charge in [0.15, 0.2) is 0 Å². The van der Waals surface area contributed by atoms with E-state index in [2.05, 4.69) is 149 Å². The number of aromatic nitrogens is 2. The molecule has 4 aromatic carbocycles. The fourth-order valence-electron chi connectivity index (χ4n) is 7.61. The number of para-hydroxylation sites is 1. The van der Waals surface area contributed by atoms with Crippen molar-refractivity contribution in [1.82, 2.24) is 9.55 Å². The summed E-state index contributed by atoms with van der Waals surface area (Å²) in [6, 6.07) is 35.4. The van der Waals surface area contributed by atoms with Crippen molar-refractivity contribution in [3.63, 3.8) is 0 Å². The van der Waals surface area contributed by atoms with Crippen molar-refractivity contribution in [2.45, 2.75) is 19.3 Å². The van der Waals surface area contributed by atoms with Crippen molar-refractivity contribution in [1.29, 1.82) is 0 Å². The molecule has 3 aliphatic rings. The first-order valence-electron chi connectivity index (χ1n) is 15.9. The van der Waals surface area contributed by atoms with Crippen LogP contribution in [0.5, 0.6) is 0 Å². The van der Waals surface area contributed by atoms with Gasteiger partial charge in [-0.25, -0.2) is 0 Å². The summed E-state index contributed by atoms with van der Waals surface area (Å²) in [4.78, 5) is 4.23. The third-order valence-electron chi connectivity index (χ3n) is 9.77. The van der Waals surface area contributed by atoms with Crippen LogP contribution in [0.2, 0.25) is 0 Å². The molecule has 1 unspecified atom stereocenters. The summed E-state index contributed by atoms with van der Waals surface area (Å²) >= 11 is 0. The highest BCUT2D eigenvalue weighted by Crippen LogP contribution is 2.45. The second-order valence-corrected chi connectivity index (χ2v) is 12.3.